The molecule has 0 spiro atoms. The molecule has 0 fully saturated rings. The van der Waals surface area contributed by atoms with Gasteiger partial charge in [-0.15, -0.1) is 0 Å². The van der Waals surface area contributed by atoms with E-state index in [-0.39, 0.29) is 6.42 Å². The molecule has 1 aromatic carbocycles. The highest BCUT2D eigenvalue weighted by Gasteiger charge is 2.30. The second kappa shape index (κ2) is 4.53. The predicted molar refractivity (Wildman–Crippen MR) is 53.3 cm³/mol. The minimum absolute atomic E-state index is 0.188. The Labute approximate surface area is 82.2 Å². The van der Waals surface area contributed by atoms with Crippen LogP contribution in [0.1, 0.15) is 18.9 Å². The van der Waals surface area contributed by atoms with Gasteiger partial charge in [0.05, 0.1) is 0 Å². The summed E-state index contributed by atoms with van der Waals surface area (Å²) in [6.07, 6.45) is 0.691. The maximum atomic E-state index is 12.2. The Kier molecular flexibility index (Phi) is 3.61. The Morgan fingerprint density at radius 2 is 1.71 bits per heavy atom. The quantitative estimate of drug-likeness (QED) is 0.648. The van der Waals surface area contributed by atoms with Crippen LogP contribution in [0.25, 0.3) is 0 Å². The van der Waals surface area contributed by atoms with Gasteiger partial charge in [-0.2, -0.15) is 0 Å². The summed E-state index contributed by atoms with van der Waals surface area (Å²) in [4.78, 5) is 0. The molecule has 0 saturated carbocycles. The molecule has 0 heterocycles. The Hall–Kier alpha value is -0.925. The molecular weight excluding hydrogens is 188 g/mol. The lowest BCUT2D eigenvalue weighted by atomic mass is 9.71. The van der Waals surface area contributed by atoms with Gasteiger partial charge in [0.1, 0.15) is 0 Å². The molecule has 1 atom stereocenters. The SMILES string of the molecule is C[C@H](CCc1ccccc1)[B-](F)(F)F. The van der Waals surface area contributed by atoms with Crippen LogP contribution < -0.4 is 0 Å². The minimum atomic E-state index is -4.67. The fourth-order valence-corrected chi connectivity index (χ4v) is 1.23. The Bertz CT molecular complexity index is 268. The molecule has 4 heteroatoms. The van der Waals surface area contributed by atoms with E-state index in [1.54, 1.807) is 0 Å². The van der Waals surface area contributed by atoms with E-state index in [0.717, 1.165) is 5.56 Å². The summed E-state index contributed by atoms with van der Waals surface area (Å²) < 4.78 is 36.6. The second-order valence-corrected chi connectivity index (χ2v) is 3.63. The average Bonchev–Trinajstić information content (AvgIpc) is 2.14. The summed E-state index contributed by atoms with van der Waals surface area (Å²) in [5, 5.41) is 0. The lowest BCUT2D eigenvalue weighted by molar-refractivity contribution is 0.431. The molecule has 0 aliphatic rings. The zero-order chi connectivity index (χ0) is 10.6. The highest BCUT2D eigenvalue weighted by atomic mass is 19.4. The molecule has 14 heavy (non-hydrogen) atoms. The van der Waals surface area contributed by atoms with Gasteiger partial charge in [-0.05, 0) is 12.0 Å². The van der Waals surface area contributed by atoms with Crippen molar-refractivity contribution >= 4 is 6.98 Å². The molecule has 1 aromatic rings. The molecule has 0 bridgehead atoms. The molecule has 0 aromatic heterocycles. The average molecular weight is 201 g/mol. The molecule has 0 radical (unpaired) electrons. The monoisotopic (exact) mass is 201 g/mol. The van der Waals surface area contributed by atoms with Gasteiger partial charge in [-0.1, -0.05) is 49.5 Å². The summed E-state index contributed by atoms with van der Waals surface area (Å²) in [5.74, 6) is -1.16. The molecule has 0 saturated heterocycles. The van der Waals surface area contributed by atoms with Crippen molar-refractivity contribution in [3.05, 3.63) is 35.9 Å². The zero-order valence-corrected chi connectivity index (χ0v) is 8.09. The highest BCUT2D eigenvalue weighted by Crippen LogP contribution is 2.29. The molecule has 0 aliphatic carbocycles. The van der Waals surface area contributed by atoms with Crippen molar-refractivity contribution in [1.82, 2.24) is 0 Å². The fourth-order valence-electron chi connectivity index (χ4n) is 1.23. The number of aryl methyl sites for hydroxylation is 1. The predicted octanol–water partition coefficient (Wildman–Crippen LogP) is 3.86. The van der Waals surface area contributed by atoms with Gasteiger partial charge in [0.15, 0.2) is 0 Å². The normalized spacial score (nSPS) is 14.0. The number of hydrogen-bond donors (Lipinski definition) is 0. The van der Waals surface area contributed by atoms with Gasteiger partial charge >= 0.3 is 6.98 Å². The Balaban J connectivity index is 2.42. The summed E-state index contributed by atoms with van der Waals surface area (Å²) in [6.45, 7) is -3.42. The largest absolute Gasteiger partial charge is 0.481 e. The number of halogens is 3. The first kappa shape index (κ1) is 11.2. The van der Waals surface area contributed by atoms with Gasteiger partial charge in [0.2, 0.25) is 0 Å². The lowest BCUT2D eigenvalue weighted by Crippen LogP contribution is -2.22. The van der Waals surface area contributed by atoms with Crippen LogP contribution in [0.4, 0.5) is 12.9 Å². The molecule has 0 amide bonds. The van der Waals surface area contributed by atoms with Crippen molar-refractivity contribution in [1.29, 1.82) is 0 Å². The molecular formula is C10H13BF3-. The maximum Gasteiger partial charge on any atom is 0.481 e. The van der Waals surface area contributed by atoms with E-state index in [9.17, 15) is 12.9 Å². The van der Waals surface area contributed by atoms with E-state index in [1.807, 2.05) is 30.3 Å². The van der Waals surface area contributed by atoms with Crippen LogP contribution in [-0.4, -0.2) is 6.98 Å². The van der Waals surface area contributed by atoms with Crippen LogP contribution in [0.5, 0.6) is 0 Å². The van der Waals surface area contributed by atoms with E-state index in [1.165, 1.54) is 6.92 Å². The maximum absolute atomic E-state index is 12.2. The third kappa shape index (κ3) is 3.44. The van der Waals surface area contributed by atoms with Crippen LogP contribution in [0, 0.1) is 0 Å². The minimum Gasteiger partial charge on any atom is -0.449 e. The van der Waals surface area contributed by atoms with E-state index < -0.39 is 12.8 Å². The molecule has 0 N–H and O–H groups in total. The van der Waals surface area contributed by atoms with Crippen molar-refractivity contribution < 1.29 is 12.9 Å². The molecule has 0 nitrogen and oxygen atoms in total. The standard InChI is InChI=1S/C10H13BF3/c1-9(11(12,13)14)7-8-10-5-3-2-4-6-10/h2-6,9H,7-8H2,1H3/q-1/t9-/m1/s1. The van der Waals surface area contributed by atoms with Crippen molar-refractivity contribution in [2.24, 2.45) is 0 Å². The summed E-state index contributed by atoms with van der Waals surface area (Å²) in [7, 11) is 0. The third-order valence-electron chi connectivity index (χ3n) is 2.38. The first-order chi connectivity index (χ1) is 6.50. The van der Waals surface area contributed by atoms with Crippen LogP contribution in [0.2, 0.25) is 5.82 Å². The van der Waals surface area contributed by atoms with Crippen LogP contribution >= 0.6 is 0 Å². The fraction of sp³-hybridized carbons (Fsp3) is 0.400. The second-order valence-electron chi connectivity index (χ2n) is 3.63. The smallest absolute Gasteiger partial charge is 0.449 e. The lowest BCUT2D eigenvalue weighted by Gasteiger charge is -2.22. The van der Waals surface area contributed by atoms with Gasteiger partial charge in [0.25, 0.3) is 0 Å². The topological polar surface area (TPSA) is 0 Å². The van der Waals surface area contributed by atoms with Gasteiger partial charge < -0.3 is 12.9 Å². The van der Waals surface area contributed by atoms with Crippen LogP contribution in [0.3, 0.4) is 0 Å². The molecule has 0 aliphatic heterocycles. The van der Waals surface area contributed by atoms with Gasteiger partial charge in [-0.3, -0.25) is 0 Å². The number of benzene rings is 1. The van der Waals surface area contributed by atoms with Crippen LogP contribution in [0.15, 0.2) is 30.3 Å². The first-order valence-electron chi connectivity index (χ1n) is 4.74. The van der Waals surface area contributed by atoms with Crippen molar-refractivity contribution in [3.63, 3.8) is 0 Å². The van der Waals surface area contributed by atoms with Crippen molar-refractivity contribution in [2.75, 3.05) is 0 Å². The number of rotatable bonds is 4. The van der Waals surface area contributed by atoms with E-state index in [2.05, 4.69) is 0 Å². The van der Waals surface area contributed by atoms with Gasteiger partial charge in [0, 0.05) is 0 Å². The molecule has 0 unspecified atom stereocenters. The zero-order valence-electron chi connectivity index (χ0n) is 8.09. The first-order valence-corrected chi connectivity index (χ1v) is 4.74. The van der Waals surface area contributed by atoms with Crippen molar-refractivity contribution in [2.45, 2.75) is 25.6 Å². The van der Waals surface area contributed by atoms with Crippen LogP contribution in [-0.2, 0) is 6.42 Å². The number of hydrogen-bond acceptors (Lipinski definition) is 0. The molecule has 1 rings (SSSR count). The summed E-state index contributed by atoms with van der Waals surface area (Å²) >= 11 is 0. The van der Waals surface area contributed by atoms with Crippen molar-refractivity contribution in [3.8, 4) is 0 Å². The van der Waals surface area contributed by atoms with Gasteiger partial charge in [-0.25, -0.2) is 0 Å². The van der Waals surface area contributed by atoms with E-state index in [0.29, 0.717) is 6.42 Å². The molecule has 78 valence electrons. The summed E-state index contributed by atoms with van der Waals surface area (Å²) in [6, 6.07) is 9.27. The highest BCUT2D eigenvalue weighted by molar-refractivity contribution is 6.60. The van der Waals surface area contributed by atoms with E-state index >= 15 is 0 Å². The summed E-state index contributed by atoms with van der Waals surface area (Å²) in [5.41, 5.74) is 0.972. The Morgan fingerprint density at radius 1 is 1.14 bits per heavy atom. The Morgan fingerprint density at radius 3 is 2.21 bits per heavy atom. The third-order valence-corrected chi connectivity index (χ3v) is 2.38. The van der Waals surface area contributed by atoms with E-state index in [4.69, 9.17) is 0 Å².